The van der Waals surface area contributed by atoms with E-state index in [0.29, 0.717) is 35.4 Å². The van der Waals surface area contributed by atoms with E-state index in [-0.39, 0.29) is 18.3 Å². The van der Waals surface area contributed by atoms with Crippen LogP contribution in [0.25, 0.3) is 0 Å². The zero-order chi connectivity index (χ0) is 14.4. The first kappa shape index (κ1) is 18.1. The number of carbonyl (C=O) groups excluding carboxylic acids is 1. The minimum Gasteiger partial charge on any atom is -0.492 e. The summed E-state index contributed by atoms with van der Waals surface area (Å²) in [4.78, 5) is 11.9. The SMILES string of the molecule is CCOc1ccc(NC(=O)CCC2CCNC2)cc1Cl.Cl. The van der Waals surface area contributed by atoms with Crippen LogP contribution in [0.5, 0.6) is 5.75 Å². The Morgan fingerprint density at radius 1 is 1.52 bits per heavy atom. The molecule has 1 aromatic rings. The highest BCUT2D eigenvalue weighted by atomic mass is 35.5. The molecule has 2 rings (SSSR count). The molecule has 0 radical (unpaired) electrons. The van der Waals surface area contributed by atoms with Gasteiger partial charge in [0.15, 0.2) is 0 Å². The summed E-state index contributed by atoms with van der Waals surface area (Å²) < 4.78 is 5.36. The van der Waals surface area contributed by atoms with Crippen molar-refractivity contribution in [3.05, 3.63) is 23.2 Å². The van der Waals surface area contributed by atoms with E-state index in [1.54, 1.807) is 12.1 Å². The van der Waals surface area contributed by atoms with Crippen LogP contribution >= 0.6 is 24.0 Å². The molecular formula is C15H22Cl2N2O2. The van der Waals surface area contributed by atoms with Crippen molar-refractivity contribution < 1.29 is 9.53 Å². The molecule has 0 spiro atoms. The molecule has 1 fully saturated rings. The molecule has 0 aliphatic carbocycles. The Hall–Kier alpha value is -0.970. The summed E-state index contributed by atoms with van der Waals surface area (Å²) in [6.07, 6.45) is 2.66. The summed E-state index contributed by atoms with van der Waals surface area (Å²) >= 11 is 6.09. The van der Waals surface area contributed by atoms with Crippen molar-refractivity contribution in [2.45, 2.75) is 26.2 Å². The topological polar surface area (TPSA) is 50.4 Å². The number of halogens is 2. The molecule has 1 heterocycles. The van der Waals surface area contributed by atoms with Crippen LogP contribution in [0.15, 0.2) is 18.2 Å². The van der Waals surface area contributed by atoms with E-state index in [1.165, 1.54) is 6.42 Å². The lowest BCUT2D eigenvalue weighted by Gasteiger charge is -2.10. The molecule has 1 atom stereocenters. The quantitative estimate of drug-likeness (QED) is 0.838. The van der Waals surface area contributed by atoms with Gasteiger partial charge < -0.3 is 15.4 Å². The summed E-state index contributed by atoms with van der Waals surface area (Å²) in [5.74, 6) is 1.31. The molecule has 1 unspecified atom stereocenters. The van der Waals surface area contributed by atoms with Gasteiger partial charge >= 0.3 is 0 Å². The summed E-state index contributed by atoms with van der Waals surface area (Å²) in [7, 11) is 0. The van der Waals surface area contributed by atoms with Gasteiger partial charge in [0.25, 0.3) is 0 Å². The number of hydrogen-bond acceptors (Lipinski definition) is 3. The van der Waals surface area contributed by atoms with Gasteiger partial charge in [-0.1, -0.05) is 11.6 Å². The second-order valence-electron chi connectivity index (χ2n) is 5.02. The lowest BCUT2D eigenvalue weighted by molar-refractivity contribution is -0.116. The summed E-state index contributed by atoms with van der Waals surface area (Å²) in [6, 6.07) is 5.32. The van der Waals surface area contributed by atoms with Gasteiger partial charge in [0, 0.05) is 12.1 Å². The fraction of sp³-hybridized carbons (Fsp3) is 0.533. The molecule has 0 saturated carbocycles. The van der Waals surface area contributed by atoms with E-state index in [9.17, 15) is 4.79 Å². The molecule has 21 heavy (non-hydrogen) atoms. The number of rotatable bonds is 6. The number of benzene rings is 1. The summed E-state index contributed by atoms with van der Waals surface area (Å²) in [6.45, 7) is 4.58. The second-order valence-corrected chi connectivity index (χ2v) is 5.43. The summed E-state index contributed by atoms with van der Waals surface area (Å²) in [5, 5.41) is 6.70. The molecule has 1 aliphatic heterocycles. The minimum absolute atomic E-state index is 0. The third-order valence-electron chi connectivity index (χ3n) is 3.46. The minimum atomic E-state index is 0. The molecule has 0 aromatic heterocycles. The van der Waals surface area contributed by atoms with Crippen LogP contribution in [0.2, 0.25) is 5.02 Å². The third kappa shape index (κ3) is 5.73. The van der Waals surface area contributed by atoms with Crippen LogP contribution < -0.4 is 15.4 Å². The van der Waals surface area contributed by atoms with Crippen LogP contribution in [0.3, 0.4) is 0 Å². The Bertz CT molecular complexity index is 463. The average Bonchev–Trinajstić information content (AvgIpc) is 2.93. The van der Waals surface area contributed by atoms with Gasteiger partial charge in [-0.3, -0.25) is 4.79 Å². The fourth-order valence-corrected chi connectivity index (χ4v) is 2.61. The molecular weight excluding hydrogens is 311 g/mol. The van der Waals surface area contributed by atoms with E-state index in [2.05, 4.69) is 10.6 Å². The van der Waals surface area contributed by atoms with E-state index >= 15 is 0 Å². The van der Waals surface area contributed by atoms with Crippen molar-refractivity contribution in [1.82, 2.24) is 5.32 Å². The lowest BCUT2D eigenvalue weighted by atomic mass is 10.0. The van der Waals surface area contributed by atoms with Crippen LogP contribution in [0, 0.1) is 5.92 Å². The Morgan fingerprint density at radius 2 is 2.33 bits per heavy atom. The zero-order valence-electron chi connectivity index (χ0n) is 12.2. The van der Waals surface area contributed by atoms with Gasteiger partial charge in [-0.05, 0) is 57.0 Å². The van der Waals surface area contributed by atoms with Crippen molar-refractivity contribution in [2.24, 2.45) is 5.92 Å². The Balaban J connectivity index is 0.00000220. The number of nitrogens with one attached hydrogen (secondary N) is 2. The molecule has 6 heteroatoms. The Morgan fingerprint density at radius 3 is 2.95 bits per heavy atom. The third-order valence-corrected chi connectivity index (χ3v) is 3.75. The maximum absolute atomic E-state index is 11.9. The standard InChI is InChI=1S/C15H21ClN2O2.ClH/c1-2-20-14-5-4-12(9-13(14)16)18-15(19)6-3-11-7-8-17-10-11;/h4-5,9,11,17H,2-3,6-8,10H2,1H3,(H,18,19);1H. The Kier molecular flexibility index (Phi) is 7.86. The largest absolute Gasteiger partial charge is 0.492 e. The molecule has 2 N–H and O–H groups in total. The van der Waals surface area contributed by atoms with Crippen molar-refractivity contribution in [1.29, 1.82) is 0 Å². The van der Waals surface area contributed by atoms with Gasteiger partial charge in [-0.15, -0.1) is 12.4 Å². The lowest BCUT2D eigenvalue weighted by Crippen LogP contribution is -2.15. The Labute approximate surface area is 137 Å². The maximum atomic E-state index is 11.9. The van der Waals surface area contributed by atoms with E-state index in [1.807, 2.05) is 13.0 Å². The number of amides is 1. The molecule has 4 nitrogen and oxygen atoms in total. The van der Waals surface area contributed by atoms with Crippen molar-refractivity contribution in [3.63, 3.8) is 0 Å². The van der Waals surface area contributed by atoms with E-state index in [0.717, 1.165) is 19.5 Å². The first-order valence-corrected chi connectivity index (χ1v) is 7.49. The smallest absolute Gasteiger partial charge is 0.224 e. The monoisotopic (exact) mass is 332 g/mol. The first-order chi connectivity index (χ1) is 9.69. The van der Waals surface area contributed by atoms with Crippen molar-refractivity contribution >= 4 is 35.6 Å². The normalized spacial score (nSPS) is 17.1. The molecule has 1 aromatic carbocycles. The van der Waals surface area contributed by atoms with Gasteiger partial charge in [-0.25, -0.2) is 0 Å². The molecule has 1 saturated heterocycles. The summed E-state index contributed by atoms with van der Waals surface area (Å²) in [5.41, 5.74) is 0.716. The van der Waals surface area contributed by atoms with Crippen molar-refractivity contribution in [2.75, 3.05) is 25.0 Å². The van der Waals surface area contributed by atoms with Crippen LogP contribution in [0.1, 0.15) is 26.2 Å². The van der Waals surface area contributed by atoms with Gasteiger partial charge in [-0.2, -0.15) is 0 Å². The fourth-order valence-electron chi connectivity index (χ4n) is 2.37. The second kappa shape index (κ2) is 9.13. The molecule has 1 amide bonds. The molecule has 0 bridgehead atoms. The molecule has 1 aliphatic rings. The predicted molar refractivity (Wildman–Crippen MR) is 88.7 cm³/mol. The van der Waals surface area contributed by atoms with Crippen LogP contribution in [0.4, 0.5) is 5.69 Å². The van der Waals surface area contributed by atoms with Gasteiger partial charge in [0.05, 0.1) is 11.6 Å². The first-order valence-electron chi connectivity index (χ1n) is 7.12. The molecule has 118 valence electrons. The van der Waals surface area contributed by atoms with E-state index in [4.69, 9.17) is 16.3 Å². The average molecular weight is 333 g/mol. The highest BCUT2D eigenvalue weighted by Gasteiger charge is 2.15. The van der Waals surface area contributed by atoms with Crippen LogP contribution in [-0.4, -0.2) is 25.6 Å². The maximum Gasteiger partial charge on any atom is 0.224 e. The van der Waals surface area contributed by atoms with Crippen LogP contribution in [-0.2, 0) is 4.79 Å². The number of ether oxygens (including phenoxy) is 1. The number of anilines is 1. The predicted octanol–water partition coefficient (Wildman–Crippen LogP) is 3.49. The van der Waals surface area contributed by atoms with Gasteiger partial charge in [0.1, 0.15) is 5.75 Å². The highest BCUT2D eigenvalue weighted by molar-refractivity contribution is 6.32. The van der Waals surface area contributed by atoms with E-state index < -0.39 is 0 Å². The van der Waals surface area contributed by atoms with Crippen molar-refractivity contribution in [3.8, 4) is 5.75 Å². The number of hydrogen-bond donors (Lipinski definition) is 2. The zero-order valence-corrected chi connectivity index (χ0v) is 13.7. The number of carbonyl (C=O) groups is 1. The highest BCUT2D eigenvalue weighted by Crippen LogP contribution is 2.27. The van der Waals surface area contributed by atoms with Gasteiger partial charge in [0.2, 0.25) is 5.91 Å².